The number of likely N-dealkylation sites (tertiary alicyclic amines) is 1. The number of nitrogens with zero attached hydrogens (tertiary/aromatic N) is 5. The van der Waals surface area contributed by atoms with Gasteiger partial charge in [0.15, 0.2) is 5.82 Å². The zero-order valence-corrected chi connectivity index (χ0v) is 17.8. The molecule has 31 heavy (non-hydrogen) atoms. The quantitative estimate of drug-likeness (QED) is 0.652. The highest BCUT2D eigenvalue weighted by Crippen LogP contribution is 2.41. The second-order valence-electron chi connectivity index (χ2n) is 8.48. The third-order valence-electron chi connectivity index (χ3n) is 6.40. The van der Waals surface area contributed by atoms with E-state index < -0.39 is 5.60 Å². The number of amides is 1. The SMILES string of the molecule is CC(Cn1cccn1)C(=O)N1CCC2(CC1)OCCc1cnc(-c3ccccc3)nc12. The number of rotatable bonds is 4. The van der Waals surface area contributed by atoms with Crippen LogP contribution in [0.2, 0.25) is 0 Å². The second kappa shape index (κ2) is 8.23. The van der Waals surface area contributed by atoms with Gasteiger partial charge in [0.2, 0.25) is 5.91 Å². The van der Waals surface area contributed by atoms with Crippen LogP contribution in [0.1, 0.15) is 31.0 Å². The number of carbonyl (C=O) groups is 1. The molecular weight excluding hydrogens is 390 g/mol. The molecule has 1 fully saturated rings. The zero-order valence-electron chi connectivity index (χ0n) is 17.8. The molecule has 2 aliphatic rings. The Hall–Kier alpha value is -3.06. The molecule has 1 aromatic carbocycles. The van der Waals surface area contributed by atoms with E-state index in [1.54, 1.807) is 6.20 Å². The minimum Gasteiger partial charge on any atom is -0.368 e. The molecule has 2 aromatic heterocycles. The van der Waals surface area contributed by atoms with Crippen LogP contribution in [0.4, 0.5) is 0 Å². The Bertz CT molecular complexity index is 1040. The fourth-order valence-electron chi connectivity index (χ4n) is 4.68. The highest BCUT2D eigenvalue weighted by molar-refractivity contribution is 5.78. The Morgan fingerprint density at radius 3 is 2.74 bits per heavy atom. The number of aromatic nitrogens is 4. The number of fused-ring (bicyclic) bond motifs is 2. The molecule has 7 nitrogen and oxygen atoms in total. The number of ether oxygens (including phenoxy) is 1. The van der Waals surface area contributed by atoms with Crippen LogP contribution in [-0.4, -0.2) is 50.3 Å². The van der Waals surface area contributed by atoms with Crippen molar-refractivity contribution >= 4 is 5.91 Å². The molecule has 0 aliphatic carbocycles. The van der Waals surface area contributed by atoms with Crippen molar-refractivity contribution in [1.82, 2.24) is 24.6 Å². The molecule has 160 valence electrons. The number of benzene rings is 1. The maximum Gasteiger partial charge on any atom is 0.227 e. The summed E-state index contributed by atoms with van der Waals surface area (Å²) in [7, 11) is 0. The van der Waals surface area contributed by atoms with Crippen LogP contribution in [-0.2, 0) is 28.1 Å². The van der Waals surface area contributed by atoms with Gasteiger partial charge < -0.3 is 9.64 Å². The third-order valence-corrected chi connectivity index (χ3v) is 6.40. The summed E-state index contributed by atoms with van der Waals surface area (Å²) < 4.78 is 8.17. The standard InChI is InChI=1S/C24H27N5O2/c1-18(17-29-12-5-11-26-29)23(30)28-13-9-24(10-14-28)21-20(8-15-31-24)16-25-22(27-21)19-6-3-2-4-7-19/h2-7,11-12,16,18H,8-10,13-15,17H2,1H3. The van der Waals surface area contributed by atoms with Crippen LogP contribution in [0.3, 0.4) is 0 Å². The van der Waals surface area contributed by atoms with Gasteiger partial charge in [0, 0.05) is 37.2 Å². The topological polar surface area (TPSA) is 73.1 Å². The number of piperidine rings is 1. The summed E-state index contributed by atoms with van der Waals surface area (Å²) in [6.07, 6.45) is 7.93. The molecule has 5 rings (SSSR count). The first kappa shape index (κ1) is 19.9. The highest BCUT2D eigenvalue weighted by Gasteiger charge is 2.43. The van der Waals surface area contributed by atoms with Gasteiger partial charge in [-0.2, -0.15) is 5.10 Å². The zero-order chi connectivity index (χ0) is 21.3. The first-order chi connectivity index (χ1) is 15.1. The predicted molar refractivity (Wildman–Crippen MR) is 116 cm³/mol. The van der Waals surface area contributed by atoms with Gasteiger partial charge in [0.05, 0.1) is 24.8 Å². The van der Waals surface area contributed by atoms with E-state index in [0.717, 1.165) is 41.9 Å². The van der Waals surface area contributed by atoms with Gasteiger partial charge in [0.25, 0.3) is 0 Å². The second-order valence-corrected chi connectivity index (χ2v) is 8.48. The van der Waals surface area contributed by atoms with E-state index in [1.165, 1.54) is 0 Å². The third kappa shape index (κ3) is 3.85. The van der Waals surface area contributed by atoms with Crippen molar-refractivity contribution in [2.24, 2.45) is 5.92 Å². The van der Waals surface area contributed by atoms with E-state index in [-0.39, 0.29) is 11.8 Å². The van der Waals surface area contributed by atoms with Gasteiger partial charge in [0.1, 0.15) is 5.60 Å². The normalized spacial score (nSPS) is 18.5. The molecule has 1 unspecified atom stereocenters. The largest absolute Gasteiger partial charge is 0.368 e. The molecule has 1 atom stereocenters. The minimum atomic E-state index is -0.429. The summed E-state index contributed by atoms with van der Waals surface area (Å²) >= 11 is 0. The number of hydrogen-bond donors (Lipinski definition) is 0. The van der Waals surface area contributed by atoms with Gasteiger partial charge in [-0.3, -0.25) is 9.48 Å². The van der Waals surface area contributed by atoms with E-state index in [2.05, 4.69) is 10.1 Å². The van der Waals surface area contributed by atoms with Gasteiger partial charge in [-0.05, 0) is 30.9 Å². The van der Waals surface area contributed by atoms with Gasteiger partial charge in [-0.15, -0.1) is 0 Å². The van der Waals surface area contributed by atoms with Crippen LogP contribution in [0.15, 0.2) is 55.0 Å². The molecular formula is C24H27N5O2. The average Bonchev–Trinajstić information content (AvgIpc) is 3.33. The molecule has 1 amide bonds. The van der Waals surface area contributed by atoms with Crippen LogP contribution in [0.25, 0.3) is 11.4 Å². The minimum absolute atomic E-state index is 0.111. The van der Waals surface area contributed by atoms with E-state index in [9.17, 15) is 4.79 Å². The van der Waals surface area contributed by atoms with Crippen LogP contribution in [0.5, 0.6) is 0 Å². The lowest BCUT2D eigenvalue weighted by Crippen LogP contribution is -2.50. The first-order valence-corrected chi connectivity index (χ1v) is 11.0. The van der Waals surface area contributed by atoms with Crippen molar-refractivity contribution in [2.75, 3.05) is 19.7 Å². The van der Waals surface area contributed by atoms with E-state index in [4.69, 9.17) is 9.72 Å². The summed E-state index contributed by atoms with van der Waals surface area (Å²) in [4.78, 5) is 24.5. The first-order valence-electron chi connectivity index (χ1n) is 11.0. The van der Waals surface area contributed by atoms with Crippen molar-refractivity contribution in [3.8, 4) is 11.4 Å². The molecule has 1 spiro atoms. The van der Waals surface area contributed by atoms with Crippen LogP contribution in [0, 0.1) is 5.92 Å². The van der Waals surface area contributed by atoms with Crippen molar-refractivity contribution in [1.29, 1.82) is 0 Å². The Morgan fingerprint density at radius 1 is 1.19 bits per heavy atom. The lowest BCUT2D eigenvalue weighted by Gasteiger charge is -2.44. The number of hydrogen-bond acceptors (Lipinski definition) is 5. The van der Waals surface area contributed by atoms with Gasteiger partial charge in [-0.1, -0.05) is 37.3 Å². The maximum absolute atomic E-state index is 13.0. The van der Waals surface area contributed by atoms with Crippen molar-refractivity contribution in [3.63, 3.8) is 0 Å². The molecule has 7 heteroatoms. The van der Waals surface area contributed by atoms with Gasteiger partial charge >= 0.3 is 0 Å². The highest BCUT2D eigenvalue weighted by atomic mass is 16.5. The average molecular weight is 418 g/mol. The summed E-state index contributed by atoms with van der Waals surface area (Å²) in [6.45, 7) is 4.59. The molecule has 0 N–H and O–H groups in total. The lowest BCUT2D eigenvalue weighted by atomic mass is 9.83. The predicted octanol–water partition coefficient (Wildman–Crippen LogP) is 3.07. The fourth-order valence-corrected chi connectivity index (χ4v) is 4.68. The molecule has 4 heterocycles. The van der Waals surface area contributed by atoms with Crippen LogP contribution >= 0.6 is 0 Å². The summed E-state index contributed by atoms with van der Waals surface area (Å²) in [6, 6.07) is 11.9. The molecule has 0 saturated carbocycles. The van der Waals surface area contributed by atoms with Crippen molar-refractivity contribution in [3.05, 3.63) is 66.2 Å². The van der Waals surface area contributed by atoms with Crippen LogP contribution < -0.4 is 0 Å². The summed E-state index contributed by atoms with van der Waals surface area (Å²) in [5.74, 6) is 0.796. The van der Waals surface area contributed by atoms with E-state index >= 15 is 0 Å². The molecule has 3 aromatic rings. The number of carbonyl (C=O) groups excluding carboxylic acids is 1. The fraction of sp³-hybridized carbons (Fsp3) is 0.417. The lowest BCUT2D eigenvalue weighted by molar-refractivity contribution is -0.145. The molecule has 2 aliphatic heterocycles. The van der Waals surface area contributed by atoms with E-state index in [0.29, 0.717) is 26.2 Å². The Morgan fingerprint density at radius 2 is 2.00 bits per heavy atom. The van der Waals surface area contributed by atoms with Crippen molar-refractivity contribution < 1.29 is 9.53 Å². The maximum atomic E-state index is 13.0. The molecule has 0 bridgehead atoms. The van der Waals surface area contributed by atoms with E-state index in [1.807, 2.05) is 65.3 Å². The Labute approximate surface area is 182 Å². The summed E-state index contributed by atoms with van der Waals surface area (Å²) in [5.41, 5.74) is 2.75. The summed E-state index contributed by atoms with van der Waals surface area (Å²) in [5, 5.41) is 4.22. The monoisotopic (exact) mass is 417 g/mol. The smallest absolute Gasteiger partial charge is 0.227 e. The van der Waals surface area contributed by atoms with Gasteiger partial charge in [-0.25, -0.2) is 9.97 Å². The Balaban J connectivity index is 1.33. The molecule has 1 saturated heterocycles. The Kier molecular flexibility index (Phi) is 5.28. The van der Waals surface area contributed by atoms with Crippen molar-refractivity contribution in [2.45, 2.75) is 38.3 Å². The molecule has 0 radical (unpaired) electrons.